The number of rotatable bonds is 3. The predicted molar refractivity (Wildman–Crippen MR) is 85.3 cm³/mol. The number of hydrogen-bond acceptors (Lipinski definition) is 4. The van der Waals surface area contributed by atoms with E-state index < -0.39 is 0 Å². The fourth-order valence-electron chi connectivity index (χ4n) is 2.06. The molecule has 3 N–H and O–H groups in total. The number of aryl methyl sites for hydroxylation is 1. The van der Waals surface area contributed by atoms with Crippen molar-refractivity contribution in [3.63, 3.8) is 0 Å². The summed E-state index contributed by atoms with van der Waals surface area (Å²) < 4.78 is 1.01. The van der Waals surface area contributed by atoms with Gasteiger partial charge in [0.15, 0.2) is 0 Å². The van der Waals surface area contributed by atoms with Crippen molar-refractivity contribution in [2.24, 2.45) is 0 Å². The number of nitrogens with zero attached hydrogens (tertiary/aromatic N) is 2. The topological polar surface area (TPSA) is 63.8 Å². The Bertz CT molecular complexity index is 665. The van der Waals surface area contributed by atoms with Crippen LogP contribution in [0.15, 0.2) is 22.7 Å². The Hall–Kier alpha value is -1.62. The van der Waals surface area contributed by atoms with Crippen molar-refractivity contribution >= 4 is 33.3 Å². The number of benzene rings is 1. The lowest BCUT2D eigenvalue weighted by molar-refractivity contribution is 0.927. The highest BCUT2D eigenvalue weighted by Gasteiger charge is 2.28. The lowest BCUT2D eigenvalue weighted by Crippen LogP contribution is -2.06. The van der Waals surface area contributed by atoms with Crippen LogP contribution >= 0.6 is 15.9 Å². The first-order valence-corrected chi connectivity index (χ1v) is 7.51. The van der Waals surface area contributed by atoms with E-state index in [2.05, 4.69) is 50.3 Å². The van der Waals surface area contributed by atoms with Crippen molar-refractivity contribution in [3.8, 4) is 0 Å². The Morgan fingerprint density at radius 1 is 1.25 bits per heavy atom. The second kappa shape index (κ2) is 5.05. The summed E-state index contributed by atoms with van der Waals surface area (Å²) >= 11 is 3.55. The molecule has 0 amide bonds. The number of hydrogen-bond donors (Lipinski definition) is 2. The lowest BCUT2D eigenvalue weighted by atomic mass is 10.2. The summed E-state index contributed by atoms with van der Waals surface area (Å²) in [7, 11) is 0. The Kier molecular flexibility index (Phi) is 3.38. The maximum absolute atomic E-state index is 6.01. The Labute approximate surface area is 127 Å². The van der Waals surface area contributed by atoms with Crippen molar-refractivity contribution in [3.05, 3.63) is 39.6 Å². The van der Waals surface area contributed by atoms with Gasteiger partial charge in [-0.1, -0.05) is 6.07 Å². The highest BCUT2D eigenvalue weighted by molar-refractivity contribution is 9.10. The smallest absolute Gasteiger partial charge is 0.139 e. The third-order valence-corrected chi connectivity index (χ3v) is 4.21. The predicted octanol–water partition coefficient (Wildman–Crippen LogP) is 4.06. The molecule has 1 fully saturated rings. The molecular formula is C15H17BrN4. The molecule has 0 radical (unpaired) electrons. The molecule has 0 saturated heterocycles. The van der Waals surface area contributed by atoms with Gasteiger partial charge in [-0.15, -0.1) is 0 Å². The van der Waals surface area contributed by atoms with Crippen molar-refractivity contribution < 1.29 is 0 Å². The van der Waals surface area contributed by atoms with Crippen LogP contribution in [0.3, 0.4) is 0 Å². The molecule has 5 heteroatoms. The number of nitrogens with one attached hydrogen (secondary N) is 1. The van der Waals surface area contributed by atoms with Crippen LogP contribution in [0.4, 0.5) is 17.3 Å². The number of anilines is 3. The highest BCUT2D eigenvalue weighted by Crippen LogP contribution is 2.39. The van der Waals surface area contributed by atoms with E-state index in [1.165, 1.54) is 5.56 Å². The third-order valence-electron chi connectivity index (χ3n) is 3.52. The van der Waals surface area contributed by atoms with Gasteiger partial charge in [0, 0.05) is 16.0 Å². The van der Waals surface area contributed by atoms with E-state index in [4.69, 9.17) is 5.73 Å². The summed E-state index contributed by atoms with van der Waals surface area (Å²) in [6.45, 7) is 4.01. The SMILES string of the molecule is Cc1ccc(Br)c(Nc2nc(C3CC3)nc(N)c2C)c1. The number of halogens is 1. The molecular weight excluding hydrogens is 316 g/mol. The summed E-state index contributed by atoms with van der Waals surface area (Å²) in [4.78, 5) is 9.03. The Balaban J connectivity index is 1.99. The monoisotopic (exact) mass is 332 g/mol. The van der Waals surface area contributed by atoms with E-state index in [1.54, 1.807) is 0 Å². The highest BCUT2D eigenvalue weighted by atomic mass is 79.9. The molecule has 3 rings (SSSR count). The van der Waals surface area contributed by atoms with Crippen molar-refractivity contribution in [2.45, 2.75) is 32.6 Å². The van der Waals surface area contributed by atoms with Gasteiger partial charge in [0.05, 0.1) is 5.69 Å². The van der Waals surface area contributed by atoms with Crippen LogP contribution in [0.2, 0.25) is 0 Å². The summed E-state index contributed by atoms with van der Waals surface area (Å²) in [5.74, 6) is 2.71. The van der Waals surface area contributed by atoms with Gasteiger partial charge >= 0.3 is 0 Å². The van der Waals surface area contributed by atoms with Crippen LogP contribution in [0, 0.1) is 13.8 Å². The van der Waals surface area contributed by atoms with Crippen LogP contribution in [0.5, 0.6) is 0 Å². The minimum atomic E-state index is 0.486. The molecule has 20 heavy (non-hydrogen) atoms. The zero-order chi connectivity index (χ0) is 14.3. The number of nitrogen functional groups attached to an aromatic ring is 1. The second-order valence-electron chi connectivity index (χ2n) is 5.32. The minimum Gasteiger partial charge on any atom is -0.383 e. The van der Waals surface area contributed by atoms with Gasteiger partial charge < -0.3 is 11.1 Å². The summed E-state index contributed by atoms with van der Waals surface area (Å²) in [5.41, 5.74) is 9.08. The number of nitrogens with two attached hydrogens (primary N) is 1. The van der Waals surface area contributed by atoms with Gasteiger partial charge in [-0.2, -0.15) is 0 Å². The van der Waals surface area contributed by atoms with Gasteiger partial charge in [-0.05, 0) is 60.3 Å². The third kappa shape index (κ3) is 2.63. The normalized spacial score (nSPS) is 14.3. The molecule has 0 aliphatic heterocycles. The number of aromatic nitrogens is 2. The van der Waals surface area contributed by atoms with E-state index in [0.29, 0.717) is 11.7 Å². The molecule has 0 unspecified atom stereocenters. The molecule has 2 aromatic rings. The zero-order valence-corrected chi connectivity index (χ0v) is 13.2. The largest absolute Gasteiger partial charge is 0.383 e. The molecule has 1 aliphatic carbocycles. The molecule has 4 nitrogen and oxygen atoms in total. The Morgan fingerprint density at radius 3 is 2.70 bits per heavy atom. The molecule has 1 aromatic carbocycles. The molecule has 104 valence electrons. The maximum atomic E-state index is 6.01. The first-order valence-electron chi connectivity index (χ1n) is 6.72. The van der Waals surface area contributed by atoms with Crippen LogP contribution < -0.4 is 11.1 Å². The van der Waals surface area contributed by atoms with Gasteiger partial charge in [0.2, 0.25) is 0 Å². The average molecular weight is 333 g/mol. The molecule has 1 saturated carbocycles. The molecule has 0 bridgehead atoms. The second-order valence-corrected chi connectivity index (χ2v) is 6.18. The van der Waals surface area contributed by atoms with E-state index in [0.717, 1.165) is 40.2 Å². The first-order chi connectivity index (χ1) is 9.54. The van der Waals surface area contributed by atoms with Crippen molar-refractivity contribution in [1.29, 1.82) is 0 Å². The van der Waals surface area contributed by atoms with E-state index in [-0.39, 0.29) is 0 Å². The zero-order valence-electron chi connectivity index (χ0n) is 11.6. The van der Waals surface area contributed by atoms with E-state index in [9.17, 15) is 0 Å². The van der Waals surface area contributed by atoms with Gasteiger partial charge in [0.25, 0.3) is 0 Å². The average Bonchev–Trinajstić information content (AvgIpc) is 3.23. The van der Waals surface area contributed by atoms with E-state index in [1.807, 2.05) is 13.0 Å². The fraction of sp³-hybridized carbons (Fsp3) is 0.333. The van der Waals surface area contributed by atoms with Crippen LogP contribution in [0.1, 0.15) is 35.7 Å². The van der Waals surface area contributed by atoms with Gasteiger partial charge in [0.1, 0.15) is 17.5 Å². The molecule has 0 atom stereocenters. The molecule has 1 aliphatic rings. The summed E-state index contributed by atoms with van der Waals surface area (Å²) in [6.07, 6.45) is 2.33. The van der Waals surface area contributed by atoms with Crippen LogP contribution in [-0.4, -0.2) is 9.97 Å². The van der Waals surface area contributed by atoms with Crippen LogP contribution in [-0.2, 0) is 0 Å². The van der Waals surface area contributed by atoms with Crippen molar-refractivity contribution in [2.75, 3.05) is 11.1 Å². The Morgan fingerprint density at radius 2 is 2.00 bits per heavy atom. The van der Waals surface area contributed by atoms with E-state index >= 15 is 0 Å². The lowest BCUT2D eigenvalue weighted by Gasteiger charge is -2.13. The first kappa shape index (κ1) is 13.4. The molecule has 0 spiro atoms. The summed E-state index contributed by atoms with van der Waals surface area (Å²) in [6, 6.07) is 6.17. The minimum absolute atomic E-state index is 0.486. The van der Waals surface area contributed by atoms with Gasteiger partial charge in [-0.25, -0.2) is 9.97 Å². The summed E-state index contributed by atoms with van der Waals surface area (Å²) in [5, 5.41) is 3.37. The quantitative estimate of drug-likeness (QED) is 0.889. The standard InChI is InChI=1S/C15H17BrN4/c1-8-3-6-11(16)12(7-8)18-14-9(2)13(17)19-15(20-14)10-4-5-10/h3,6-7,10H,4-5H2,1-2H3,(H3,17,18,19,20). The van der Waals surface area contributed by atoms with Crippen molar-refractivity contribution in [1.82, 2.24) is 9.97 Å². The van der Waals surface area contributed by atoms with Crippen LogP contribution in [0.25, 0.3) is 0 Å². The maximum Gasteiger partial charge on any atom is 0.139 e. The molecule has 1 aromatic heterocycles. The van der Waals surface area contributed by atoms with Gasteiger partial charge in [-0.3, -0.25) is 0 Å². The fourth-order valence-corrected chi connectivity index (χ4v) is 2.41. The molecule has 1 heterocycles.